The third kappa shape index (κ3) is 4.66. The number of hydrogen-bond donors (Lipinski definition) is 0. The standard InChI is InChI=1S/C19H24O5/c1-19(2)23-16(11-15-9-6-10-18(20)22-15)17(24-19)13-21-12-14-7-4-3-5-8-14/h3-8,10,15-17H,9,11-13H2,1-2H3/t15-,16-,17-/m0/s1. The van der Waals surface area contributed by atoms with E-state index in [0.717, 1.165) is 5.56 Å². The summed E-state index contributed by atoms with van der Waals surface area (Å²) in [7, 11) is 0. The first-order valence-electron chi connectivity index (χ1n) is 8.36. The summed E-state index contributed by atoms with van der Waals surface area (Å²) in [6.07, 6.45) is 4.14. The summed E-state index contributed by atoms with van der Waals surface area (Å²) in [4.78, 5) is 11.4. The van der Waals surface area contributed by atoms with Crippen molar-refractivity contribution in [3.05, 3.63) is 48.0 Å². The second-order valence-electron chi connectivity index (χ2n) is 6.65. The summed E-state index contributed by atoms with van der Waals surface area (Å²) in [5, 5.41) is 0. The molecule has 1 fully saturated rings. The van der Waals surface area contributed by atoms with Crippen molar-refractivity contribution in [2.75, 3.05) is 6.61 Å². The molecule has 24 heavy (non-hydrogen) atoms. The molecule has 5 heteroatoms. The van der Waals surface area contributed by atoms with Crippen molar-refractivity contribution in [2.24, 2.45) is 0 Å². The molecule has 0 N–H and O–H groups in total. The summed E-state index contributed by atoms with van der Waals surface area (Å²) >= 11 is 0. The molecule has 0 spiro atoms. The highest BCUT2D eigenvalue weighted by molar-refractivity contribution is 5.82. The van der Waals surface area contributed by atoms with Crippen LogP contribution in [0.1, 0.15) is 32.3 Å². The van der Waals surface area contributed by atoms with Crippen molar-refractivity contribution in [3.63, 3.8) is 0 Å². The van der Waals surface area contributed by atoms with Crippen LogP contribution >= 0.6 is 0 Å². The van der Waals surface area contributed by atoms with Gasteiger partial charge in [0, 0.05) is 18.9 Å². The number of ether oxygens (including phenoxy) is 4. The third-order valence-electron chi connectivity index (χ3n) is 4.11. The van der Waals surface area contributed by atoms with E-state index in [4.69, 9.17) is 18.9 Å². The lowest BCUT2D eigenvalue weighted by Crippen LogP contribution is -2.33. The van der Waals surface area contributed by atoms with Gasteiger partial charge < -0.3 is 18.9 Å². The van der Waals surface area contributed by atoms with Gasteiger partial charge in [-0.05, 0) is 19.4 Å². The molecule has 0 aromatic heterocycles. The molecule has 0 amide bonds. The van der Waals surface area contributed by atoms with Gasteiger partial charge in [-0.3, -0.25) is 0 Å². The SMILES string of the molecule is CC1(C)O[C@@H](COCc2ccccc2)[C@H](C[C@@H]2CC=CC(=O)O2)O1. The normalized spacial score (nSPS) is 28.8. The lowest BCUT2D eigenvalue weighted by molar-refractivity contribution is -0.155. The molecule has 3 rings (SSSR count). The molecule has 0 radical (unpaired) electrons. The second kappa shape index (κ2) is 7.47. The van der Waals surface area contributed by atoms with Crippen LogP contribution in [0.4, 0.5) is 0 Å². The predicted octanol–water partition coefficient (Wildman–Crippen LogP) is 2.99. The molecule has 0 saturated carbocycles. The van der Waals surface area contributed by atoms with Crippen molar-refractivity contribution >= 4 is 5.97 Å². The van der Waals surface area contributed by atoms with Gasteiger partial charge in [-0.1, -0.05) is 36.4 Å². The van der Waals surface area contributed by atoms with E-state index in [1.54, 1.807) is 0 Å². The van der Waals surface area contributed by atoms with Crippen LogP contribution in [-0.4, -0.2) is 36.7 Å². The number of rotatable bonds is 6. The zero-order valence-corrected chi connectivity index (χ0v) is 14.1. The summed E-state index contributed by atoms with van der Waals surface area (Å²) in [6.45, 7) is 4.77. The van der Waals surface area contributed by atoms with Gasteiger partial charge in [0.05, 0.1) is 19.3 Å². The monoisotopic (exact) mass is 332 g/mol. The molecule has 0 bridgehead atoms. The van der Waals surface area contributed by atoms with Crippen LogP contribution in [0.2, 0.25) is 0 Å². The maximum atomic E-state index is 11.4. The Morgan fingerprint density at radius 3 is 2.67 bits per heavy atom. The largest absolute Gasteiger partial charge is 0.459 e. The van der Waals surface area contributed by atoms with E-state index >= 15 is 0 Å². The van der Waals surface area contributed by atoms with Gasteiger partial charge in [0.15, 0.2) is 5.79 Å². The Bertz CT molecular complexity index is 581. The molecule has 2 aliphatic rings. The zero-order valence-electron chi connectivity index (χ0n) is 14.1. The molecule has 1 saturated heterocycles. The Balaban J connectivity index is 1.53. The molecular weight excluding hydrogens is 308 g/mol. The van der Waals surface area contributed by atoms with Gasteiger partial charge in [0.2, 0.25) is 0 Å². The second-order valence-corrected chi connectivity index (χ2v) is 6.65. The van der Waals surface area contributed by atoms with Crippen molar-refractivity contribution in [3.8, 4) is 0 Å². The fraction of sp³-hybridized carbons (Fsp3) is 0.526. The molecule has 1 aromatic carbocycles. The Labute approximate surface area is 142 Å². The van der Waals surface area contributed by atoms with Gasteiger partial charge in [-0.25, -0.2) is 4.79 Å². The van der Waals surface area contributed by atoms with E-state index in [2.05, 4.69) is 0 Å². The summed E-state index contributed by atoms with van der Waals surface area (Å²) in [5.74, 6) is -0.943. The Morgan fingerprint density at radius 1 is 1.17 bits per heavy atom. The minimum absolute atomic E-state index is 0.153. The highest BCUT2D eigenvalue weighted by Gasteiger charge is 2.42. The van der Waals surface area contributed by atoms with E-state index < -0.39 is 5.79 Å². The molecule has 0 unspecified atom stereocenters. The first kappa shape index (κ1) is 17.1. The number of esters is 1. The van der Waals surface area contributed by atoms with Crippen molar-refractivity contribution in [1.82, 2.24) is 0 Å². The minimum Gasteiger partial charge on any atom is -0.459 e. The molecule has 5 nitrogen and oxygen atoms in total. The fourth-order valence-electron chi connectivity index (χ4n) is 3.09. The van der Waals surface area contributed by atoms with E-state index in [1.807, 2.05) is 50.3 Å². The van der Waals surface area contributed by atoms with E-state index in [-0.39, 0.29) is 24.3 Å². The molecule has 2 heterocycles. The number of carbonyl (C=O) groups is 1. The molecular formula is C19H24O5. The highest BCUT2D eigenvalue weighted by atomic mass is 16.8. The number of cyclic esters (lactones) is 1. The van der Waals surface area contributed by atoms with Crippen molar-refractivity contribution in [2.45, 2.75) is 57.4 Å². The summed E-state index contributed by atoms with van der Waals surface area (Å²) in [5.41, 5.74) is 1.12. The van der Waals surface area contributed by atoms with Gasteiger partial charge in [-0.2, -0.15) is 0 Å². The Kier molecular flexibility index (Phi) is 5.33. The smallest absolute Gasteiger partial charge is 0.330 e. The average molecular weight is 332 g/mol. The van der Waals surface area contributed by atoms with Crippen LogP contribution in [0, 0.1) is 0 Å². The minimum atomic E-state index is -0.653. The van der Waals surface area contributed by atoms with Gasteiger partial charge in [0.1, 0.15) is 12.2 Å². The predicted molar refractivity (Wildman–Crippen MR) is 88.2 cm³/mol. The van der Waals surface area contributed by atoms with Crippen LogP contribution in [-0.2, 0) is 30.3 Å². The van der Waals surface area contributed by atoms with E-state index in [9.17, 15) is 4.79 Å². The van der Waals surface area contributed by atoms with E-state index in [1.165, 1.54) is 6.08 Å². The van der Waals surface area contributed by atoms with Crippen molar-refractivity contribution < 1.29 is 23.7 Å². The number of benzene rings is 1. The Morgan fingerprint density at radius 2 is 1.92 bits per heavy atom. The molecule has 1 aromatic rings. The van der Waals surface area contributed by atoms with Crippen LogP contribution in [0.3, 0.4) is 0 Å². The van der Waals surface area contributed by atoms with Crippen LogP contribution in [0.25, 0.3) is 0 Å². The maximum Gasteiger partial charge on any atom is 0.330 e. The van der Waals surface area contributed by atoms with Crippen molar-refractivity contribution in [1.29, 1.82) is 0 Å². The quantitative estimate of drug-likeness (QED) is 0.750. The maximum absolute atomic E-state index is 11.4. The summed E-state index contributed by atoms with van der Waals surface area (Å²) in [6, 6.07) is 10.0. The van der Waals surface area contributed by atoms with Gasteiger partial charge >= 0.3 is 5.97 Å². The third-order valence-corrected chi connectivity index (χ3v) is 4.11. The average Bonchev–Trinajstić information content (AvgIpc) is 2.82. The molecule has 130 valence electrons. The van der Waals surface area contributed by atoms with Crippen LogP contribution in [0.5, 0.6) is 0 Å². The number of hydrogen-bond acceptors (Lipinski definition) is 5. The fourth-order valence-corrected chi connectivity index (χ4v) is 3.09. The Hall–Kier alpha value is -1.69. The first-order valence-corrected chi connectivity index (χ1v) is 8.36. The topological polar surface area (TPSA) is 54.0 Å². The lowest BCUT2D eigenvalue weighted by Gasteiger charge is -2.24. The highest BCUT2D eigenvalue weighted by Crippen LogP contribution is 2.32. The number of carbonyl (C=O) groups excluding carboxylic acids is 1. The first-order chi connectivity index (χ1) is 11.5. The van der Waals surface area contributed by atoms with Gasteiger partial charge in [-0.15, -0.1) is 0 Å². The van der Waals surface area contributed by atoms with Gasteiger partial charge in [0.25, 0.3) is 0 Å². The zero-order chi connectivity index (χ0) is 17.0. The lowest BCUT2D eigenvalue weighted by atomic mass is 10.0. The van der Waals surface area contributed by atoms with Crippen LogP contribution < -0.4 is 0 Å². The molecule has 0 aliphatic carbocycles. The molecule has 3 atom stereocenters. The summed E-state index contributed by atoms with van der Waals surface area (Å²) < 4.78 is 23.1. The van der Waals surface area contributed by atoms with E-state index in [0.29, 0.717) is 26.1 Å². The van der Waals surface area contributed by atoms with Crippen LogP contribution in [0.15, 0.2) is 42.5 Å². The molecule has 2 aliphatic heterocycles.